The summed E-state index contributed by atoms with van der Waals surface area (Å²) in [7, 11) is -1.92. The second-order valence-corrected chi connectivity index (χ2v) is 10.8. The molecule has 3 rings (SSSR count). The maximum Gasteiger partial charge on any atom is 0.421 e. The number of aromatic nitrogens is 2. The Labute approximate surface area is 233 Å². The lowest BCUT2D eigenvalue weighted by Crippen LogP contribution is -2.24. The quantitative estimate of drug-likeness (QED) is 0.192. The van der Waals surface area contributed by atoms with Crippen LogP contribution in [0.3, 0.4) is 0 Å². The van der Waals surface area contributed by atoms with Gasteiger partial charge >= 0.3 is 13.8 Å². The molecule has 2 aromatic carbocycles. The molecule has 0 bridgehead atoms. The SMILES string of the molecule is CCC(CC)(c1ccc(Nc2ncc(C(F)(F)F)c(Nc3ccc(C#N)cc3C(=O)NC)n2)c(OC)c1)P(=O)(O)O. The lowest BCUT2D eigenvalue weighted by Gasteiger charge is -2.33. The number of hydrogen-bond donors (Lipinski definition) is 5. The van der Waals surface area contributed by atoms with Crippen LogP contribution in [-0.2, 0) is 15.9 Å². The molecule has 0 aliphatic rings. The summed E-state index contributed by atoms with van der Waals surface area (Å²) in [6.07, 6.45) is -4.00. The summed E-state index contributed by atoms with van der Waals surface area (Å²) in [6, 6.07) is 10.1. The van der Waals surface area contributed by atoms with Crippen LogP contribution >= 0.6 is 7.60 Å². The molecular formula is C26H28F3N6O5P. The zero-order valence-corrected chi connectivity index (χ0v) is 23.4. The van der Waals surface area contributed by atoms with Crippen molar-refractivity contribution in [1.82, 2.24) is 15.3 Å². The Bertz CT molecular complexity index is 1530. The number of hydrogen-bond acceptors (Lipinski definition) is 8. The van der Waals surface area contributed by atoms with E-state index in [4.69, 9.17) is 10.00 Å². The van der Waals surface area contributed by atoms with Gasteiger partial charge in [-0.25, -0.2) is 4.98 Å². The van der Waals surface area contributed by atoms with Crippen molar-refractivity contribution < 1.29 is 37.1 Å². The first-order valence-corrected chi connectivity index (χ1v) is 13.8. The van der Waals surface area contributed by atoms with Crippen molar-refractivity contribution >= 4 is 36.6 Å². The lowest BCUT2D eigenvalue weighted by atomic mass is 9.92. The molecule has 0 aliphatic carbocycles. The fraction of sp³-hybridized carbons (Fsp3) is 0.308. The van der Waals surface area contributed by atoms with E-state index in [0.29, 0.717) is 11.8 Å². The second kappa shape index (κ2) is 12.1. The van der Waals surface area contributed by atoms with Crippen LogP contribution in [0, 0.1) is 11.3 Å². The molecule has 0 fully saturated rings. The van der Waals surface area contributed by atoms with Crippen molar-refractivity contribution in [2.75, 3.05) is 24.8 Å². The zero-order chi connectivity index (χ0) is 30.6. The number of ether oxygens (including phenoxy) is 1. The van der Waals surface area contributed by atoms with Crippen LogP contribution in [0.2, 0.25) is 0 Å². The van der Waals surface area contributed by atoms with Gasteiger partial charge in [0.2, 0.25) is 5.95 Å². The molecule has 3 aromatic rings. The summed E-state index contributed by atoms with van der Waals surface area (Å²) in [5.74, 6) is -1.43. The van der Waals surface area contributed by atoms with Gasteiger partial charge in [-0.05, 0) is 48.7 Å². The number of benzene rings is 2. The number of methoxy groups -OCH3 is 1. The summed E-state index contributed by atoms with van der Waals surface area (Å²) in [6.45, 7) is 3.32. The molecule has 0 saturated carbocycles. The minimum atomic E-state index is -4.86. The van der Waals surface area contributed by atoms with Crippen LogP contribution in [0.1, 0.15) is 53.7 Å². The highest BCUT2D eigenvalue weighted by molar-refractivity contribution is 7.53. The first kappa shape index (κ1) is 31.3. The Kier molecular flexibility index (Phi) is 9.28. The molecule has 1 heterocycles. The van der Waals surface area contributed by atoms with Crippen LogP contribution < -0.4 is 20.7 Å². The van der Waals surface area contributed by atoms with Crippen molar-refractivity contribution in [3.63, 3.8) is 0 Å². The van der Waals surface area contributed by atoms with Crippen molar-refractivity contribution in [2.45, 2.75) is 38.0 Å². The summed E-state index contributed by atoms with van der Waals surface area (Å²) >= 11 is 0. The van der Waals surface area contributed by atoms with E-state index in [9.17, 15) is 32.3 Å². The standard InChI is InChI=1S/C26H28F3N6O5P/c1-5-25(6-2,41(37,38)39)16-8-10-20(21(12-16)40-4)34-24-32-14-18(26(27,28)29)22(35-24)33-19-9-7-15(13-30)11-17(19)23(36)31-3/h7-12,14H,5-6H2,1-4H3,(H,31,36)(H2,37,38,39)(H2,32,33,34,35). The van der Waals surface area contributed by atoms with E-state index < -0.39 is 36.2 Å². The minimum absolute atomic E-state index is 0.0339. The van der Waals surface area contributed by atoms with E-state index >= 15 is 0 Å². The molecule has 0 radical (unpaired) electrons. The van der Waals surface area contributed by atoms with Crippen LogP contribution in [0.15, 0.2) is 42.6 Å². The van der Waals surface area contributed by atoms with Gasteiger partial charge in [0.05, 0.1) is 40.8 Å². The van der Waals surface area contributed by atoms with Gasteiger partial charge in [0.15, 0.2) is 0 Å². The van der Waals surface area contributed by atoms with Crippen LogP contribution in [0.5, 0.6) is 5.75 Å². The summed E-state index contributed by atoms with van der Waals surface area (Å²) in [5, 5.41) is 15.4. The topological polar surface area (TPSA) is 169 Å². The summed E-state index contributed by atoms with van der Waals surface area (Å²) < 4.78 is 59.3. The molecule has 0 atom stereocenters. The smallest absolute Gasteiger partial charge is 0.421 e. The fourth-order valence-electron chi connectivity index (χ4n) is 4.36. The first-order chi connectivity index (χ1) is 19.2. The molecular weight excluding hydrogens is 564 g/mol. The van der Waals surface area contributed by atoms with Crippen molar-refractivity contribution in [2.24, 2.45) is 0 Å². The zero-order valence-electron chi connectivity index (χ0n) is 22.5. The molecule has 0 aliphatic heterocycles. The molecule has 1 aromatic heterocycles. The number of anilines is 4. The molecule has 1 amide bonds. The van der Waals surface area contributed by atoms with Gasteiger partial charge in [-0.2, -0.15) is 23.4 Å². The number of alkyl halides is 3. The Morgan fingerprint density at radius 3 is 2.29 bits per heavy atom. The largest absolute Gasteiger partial charge is 0.495 e. The van der Waals surface area contributed by atoms with Gasteiger partial charge in [-0.15, -0.1) is 0 Å². The van der Waals surface area contributed by atoms with Crippen LogP contribution in [0.25, 0.3) is 0 Å². The molecule has 0 saturated heterocycles. The Morgan fingerprint density at radius 1 is 1.10 bits per heavy atom. The van der Waals surface area contributed by atoms with Gasteiger partial charge in [-0.3, -0.25) is 9.36 Å². The van der Waals surface area contributed by atoms with E-state index in [1.807, 2.05) is 6.07 Å². The molecule has 0 unspecified atom stereocenters. The third-order valence-corrected chi connectivity index (χ3v) is 8.69. The molecule has 11 nitrogen and oxygen atoms in total. The molecule has 15 heteroatoms. The third-order valence-electron chi connectivity index (χ3n) is 6.68. The van der Waals surface area contributed by atoms with E-state index in [2.05, 4.69) is 25.9 Å². The van der Waals surface area contributed by atoms with Crippen LogP contribution in [-0.4, -0.2) is 39.8 Å². The lowest BCUT2D eigenvalue weighted by molar-refractivity contribution is -0.137. The minimum Gasteiger partial charge on any atom is -0.495 e. The van der Waals surface area contributed by atoms with Gasteiger partial charge in [-0.1, -0.05) is 19.9 Å². The van der Waals surface area contributed by atoms with Crippen molar-refractivity contribution in [3.8, 4) is 11.8 Å². The van der Waals surface area contributed by atoms with Gasteiger partial charge < -0.3 is 30.5 Å². The number of nitriles is 1. The van der Waals surface area contributed by atoms with Crippen LogP contribution in [0.4, 0.5) is 36.3 Å². The number of nitrogens with one attached hydrogen (secondary N) is 3. The average molecular weight is 593 g/mol. The maximum atomic E-state index is 13.8. The molecule has 5 N–H and O–H groups in total. The van der Waals surface area contributed by atoms with E-state index in [1.165, 1.54) is 50.6 Å². The Morgan fingerprint density at radius 2 is 1.76 bits per heavy atom. The van der Waals surface area contributed by atoms with E-state index in [1.54, 1.807) is 13.8 Å². The van der Waals surface area contributed by atoms with E-state index in [-0.39, 0.29) is 47.0 Å². The number of carbonyl (C=O) groups is 1. The molecule has 41 heavy (non-hydrogen) atoms. The Balaban J connectivity index is 2.08. The first-order valence-electron chi connectivity index (χ1n) is 12.2. The van der Waals surface area contributed by atoms with Gasteiger partial charge in [0, 0.05) is 13.2 Å². The van der Waals surface area contributed by atoms with Crippen molar-refractivity contribution in [1.29, 1.82) is 5.26 Å². The highest BCUT2D eigenvalue weighted by Gasteiger charge is 2.45. The fourth-order valence-corrected chi connectivity index (χ4v) is 5.66. The highest BCUT2D eigenvalue weighted by atomic mass is 31.2. The normalized spacial score (nSPS) is 11.9. The predicted octanol–water partition coefficient (Wildman–Crippen LogP) is 5.42. The summed E-state index contributed by atoms with van der Waals surface area (Å²) in [5.41, 5.74) is -0.650. The van der Waals surface area contributed by atoms with Gasteiger partial charge in [0.25, 0.3) is 5.91 Å². The average Bonchev–Trinajstić information content (AvgIpc) is 2.93. The molecule has 0 spiro atoms. The Hall–Kier alpha value is -4.18. The maximum absolute atomic E-state index is 13.8. The number of carbonyl (C=O) groups excluding carboxylic acids is 1. The van der Waals surface area contributed by atoms with Crippen molar-refractivity contribution in [3.05, 3.63) is 64.8 Å². The van der Waals surface area contributed by atoms with Gasteiger partial charge in [0.1, 0.15) is 17.1 Å². The second-order valence-electron chi connectivity index (χ2n) is 8.85. The monoisotopic (exact) mass is 592 g/mol. The predicted molar refractivity (Wildman–Crippen MR) is 145 cm³/mol. The molecule has 218 valence electrons. The number of amides is 1. The number of rotatable bonds is 10. The summed E-state index contributed by atoms with van der Waals surface area (Å²) in [4.78, 5) is 40.3. The highest BCUT2D eigenvalue weighted by Crippen LogP contribution is 2.61. The number of halogens is 3. The van der Waals surface area contributed by atoms with E-state index in [0.717, 1.165) is 0 Å². The third kappa shape index (κ3) is 6.43. The number of nitrogens with zero attached hydrogens (tertiary/aromatic N) is 3.